The molecule has 0 N–H and O–H groups in total. The molecule has 0 radical (unpaired) electrons. The lowest BCUT2D eigenvalue weighted by Crippen LogP contribution is -2.45. The maximum atomic E-state index is 2.39. The second-order valence-corrected chi connectivity index (χ2v) is 11.0. The third-order valence-corrected chi connectivity index (χ3v) is 10.5. The highest BCUT2D eigenvalue weighted by molar-refractivity contribution is 6.91. The van der Waals surface area contributed by atoms with Crippen LogP contribution in [0, 0.1) is 6.92 Å². The molecule has 106 valence electrons. The number of aryl methyl sites for hydroxylation is 1. The summed E-state index contributed by atoms with van der Waals surface area (Å²) in [6, 6.07) is 22.3. The summed E-state index contributed by atoms with van der Waals surface area (Å²) in [6.45, 7) is 9.24. The van der Waals surface area contributed by atoms with E-state index in [0.29, 0.717) is 0 Å². The molecule has 0 bridgehead atoms. The van der Waals surface area contributed by atoms with Gasteiger partial charge in [0.15, 0.2) is 0 Å². The summed E-state index contributed by atoms with van der Waals surface area (Å²) in [5.41, 5.74) is 3.97. The predicted molar refractivity (Wildman–Crippen MR) is 93.4 cm³/mol. The monoisotopic (exact) mass is 282 g/mol. The van der Waals surface area contributed by atoms with E-state index in [9.17, 15) is 0 Å². The van der Waals surface area contributed by atoms with Gasteiger partial charge in [-0.25, -0.2) is 0 Å². The van der Waals surface area contributed by atoms with Crippen LogP contribution in [-0.2, 0) is 0 Å². The topological polar surface area (TPSA) is 0 Å². The summed E-state index contributed by atoms with van der Waals surface area (Å²) in [6.07, 6.45) is 0. The van der Waals surface area contributed by atoms with Gasteiger partial charge in [0.2, 0.25) is 0 Å². The molecule has 1 heteroatoms. The molecule has 2 aromatic rings. The number of hydrogen-bond donors (Lipinski definition) is 0. The van der Waals surface area contributed by atoms with E-state index >= 15 is 0 Å². The van der Waals surface area contributed by atoms with Crippen molar-refractivity contribution in [3.8, 4) is 11.1 Å². The van der Waals surface area contributed by atoms with Crippen LogP contribution in [0.25, 0.3) is 11.1 Å². The minimum absolute atomic E-state index is 1.23. The second kappa shape index (κ2) is 6.40. The van der Waals surface area contributed by atoms with Crippen molar-refractivity contribution in [1.82, 2.24) is 0 Å². The van der Waals surface area contributed by atoms with E-state index in [1.165, 1.54) is 34.8 Å². The first kappa shape index (κ1) is 15.1. The summed E-state index contributed by atoms with van der Waals surface area (Å²) in [5, 5.41) is 1.63. The van der Waals surface area contributed by atoms with Crippen molar-refractivity contribution >= 4 is 13.3 Å². The lowest BCUT2D eigenvalue weighted by Gasteiger charge is -2.28. The third-order valence-electron chi connectivity index (χ3n) is 4.91. The van der Waals surface area contributed by atoms with Gasteiger partial charge in [-0.1, -0.05) is 98.2 Å². The Hall–Kier alpha value is -1.34. The van der Waals surface area contributed by atoms with Gasteiger partial charge in [0, 0.05) is 0 Å². The first-order valence-corrected chi connectivity index (χ1v) is 10.4. The smallest absolute Gasteiger partial charge is 0.0675 e. The molecule has 20 heavy (non-hydrogen) atoms. The molecule has 0 saturated carbocycles. The summed E-state index contributed by atoms with van der Waals surface area (Å²) in [5.74, 6) is 0. The maximum absolute atomic E-state index is 2.39. The molecule has 0 nitrogen and oxygen atoms in total. The highest BCUT2D eigenvalue weighted by Crippen LogP contribution is 2.23. The molecular formula is C19H26Si. The van der Waals surface area contributed by atoms with Crippen molar-refractivity contribution in [2.75, 3.05) is 0 Å². The largest absolute Gasteiger partial charge is 0.0859 e. The van der Waals surface area contributed by atoms with Gasteiger partial charge >= 0.3 is 0 Å². The van der Waals surface area contributed by atoms with Crippen molar-refractivity contribution in [1.29, 1.82) is 0 Å². The van der Waals surface area contributed by atoms with E-state index in [4.69, 9.17) is 0 Å². The van der Waals surface area contributed by atoms with Gasteiger partial charge in [-0.15, -0.1) is 0 Å². The predicted octanol–water partition coefficient (Wildman–Crippen LogP) is 5.38. The molecule has 0 spiro atoms. The molecule has 2 aromatic carbocycles. The maximum Gasteiger partial charge on any atom is 0.0859 e. The number of benzene rings is 2. The SMILES string of the molecule is CC[Si](CC)(CC)c1ccc(-c2ccc(C)cc2)cc1. The first-order chi connectivity index (χ1) is 9.65. The highest BCUT2D eigenvalue weighted by atomic mass is 28.3. The zero-order valence-electron chi connectivity index (χ0n) is 13.2. The molecule has 0 fully saturated rings. The molecular weight excluding hydrogens is 256 g/mol. The minimum Gasteiger partial charge on any atom is -0.0675 e. The van der Waals surface area contributed by atoms with Crippen LogP contribution in [0.5, 0.6) is 0 Å². The molecule has 0 heterocycles. The van der Waals surface area contributed by atoms with Crippen molar-refractivity contribution in [3.05, 3.63) is 54.1 Å². The Balaban J connectivity index is 2.32. The Bertz CT molecular complexity index is 525. The van der Waals surface area contributed by atoms with E-state index in [1.54, 1.807) is 5.19 Å². The van der Waals surface area contributed by atoms with Gasteiger partial charge in [0.1, 0.15) is 0 Å². The summed E-state index contributed by atoms with van der Waals surface area (Å²) >= 11 is 0. The molecule has 2 rings (SSSR count). The first-order valence-electron chi connectivity index (χ1n) is 7.82. The minimum atomic E-state index is -1.23. The molecule has 0 aliphatic rings. The Labute approximate surface area is 124 Å². The van der Waals surface area contributed by atoms with Gasteiger partial charge in [0.25, 0.3) is 0 Å². The Kier molecular flexibility index (Phi) is 4.82. The van der Waals surface area contributed by atoms with E-state index < -0.39 is 8.07 Å². The lowest BCUT2D eigenvalue weighted by molar-refractivity contribution is 1.19. The highest BCUT2D eigenvalue weighted by Gasteiger charge is 2.28. The van der Waals surface area contributed by atoms with Crippen LogP contribution in [0.1, 0.15) is 26.3 Å². The Morgan fingerprint density at radius 3 is 1.45 bits per heavy atom. The van der Waals surface area contributed by atoms with Crippen LogP contribution in [0.3, 0.4) is 0 Å². The van der Waals surface area contributed by atoms with Crippen LogP contribution < -0.4 is 5.19 Å². The van der Waals surface area contributed by atoms with E-state index in [0.717, 1.165) is 0 Å². The summed E-state index contributed by atoms with van der Waals surface area (Å²) in [4.78, 5) is 0. The molecule has 0 aliphatic heterocycles. The van der Waals surface area contributed by atoms with Crippen molar-refractivity contribution in [2.24, 2.45) is 0 Å². The standard InChI is InChI=1S/C19H26Si/c1-5-20(6-2,7-3)19-14-12-18(13-15-19)17-10-8-16(4)9-11-17/h8-15H,5-7H2,1-4H3. The fourth-order valence-electron chi connectivity index (χ4n) is 3.12. The quantitative estimate of drug-likeness (QED) is 0.646. The lowest BCUT2D eigenvalue weighted by atomic mass is 10.0. The van der Waals surface area contributed by atoms with Crippen molar-refractivity contribution in [3.63, 3.8) is 0 Å². The van der Waals surface area contributed by atoms with Gasteiger partial charge in [-0.05, 0) is 18.1 Å². The summed E-state index contributed by atoms with van der Waals surface area (Å²) < 4.78 is 0. The van der Waals surface area contributed by atoms with Gasteiger partial charge in [-0.2, -0.15) is 0 Å². The summed E-state index contributed by atoms with van der Waals surface area (Å²) in [7, 11) is -1.23. The van der Waals surface area contributed by atoms with Crippen molar-refractivity contribution < 1.29 is 0 Å². The van der Waals surface area contributed by atoms with E-state index in [2.05, 4.69) is 76.2 Å². The third kappa shape index (κ3) is 2.88. The molecule has 0 aromatic heterocycles. The van der Waals surface area contributed by atoms with Crippen LogP contribution in [0.15, 0.2) is 48.5 Å². The Morgan fingerprint density at radius 2 is 1.05 bits per heavy atom. The van der Waals surface area contributed by atoms with E-state index in [-0.39, 0.29) is 0 Å². The van der Waals surface area contributed by atoms with Crippen LogP contribution >= 0.6 is 0 Å². The molecule has 0 unspecified atom stereocenters. The molecule has 0 atom stereocenters. The van der Waals surface area contributed by atoms with Gasteiger partial charge < -0.3 is 0 Å². The fourth-order valence-corrected chi connectivity index (χ4v) is 6.72. The van der Waals surface area contributed by atoms with Crippen LogP contribution in [0.2, 0.25) is 18.1 Å². The van der Waals surface area contributed by atoms with Gasteiger partial charge in [0.05, 0.1) is 8.07 Å². The molecule has 0 aliphatic carbocycles. The van der Waals surface area contributed by atoms with Crippen LogP contribution in [0.4, 0.5) is 0 Å². The average Bonchev–Trinajstić information content (AvgIpc) is 2.51. The van der Waals surface area contributed by atoms with Crippen molar-refractivity contribution in [2.45, 2.75) is 45.8 Å². The average molecular weight is 283 g/mol. The number of rotatable bonds is 5. The second-order valence-electron chi connectivity index (χ2n) is 5.78. The van der Waals surface area contributed by atoms with Crippen LogP contribution in [-0.4, -0.2) is 8.07 Å². The number of hydrogen-bond acceptors (Lipinski definition) is 0. The zero-order chi connectivity index (χ0) is 14.6. The molecule has 0 amide bonds. The van der Waals surface area contributed by atoms with E-state index in [1.807, 2.05) is 0 Å². The Morgan fingerprint density at radius 1 is 0.650 bits per heavy atom. The zero-order valence-corrected chi connectivity index (χ0v) is 14.2. The van der Waals surface area contributed by atoms with Gasteiger partial charge in [-0.3, -0.25) is 0 Å². The molecule has 0 saturated heterocycles. The normalized spacial score (nSPS) is 11.6. The fraction of sp³-hybridized carbons (Fsp3) is 0.368.